The third kappa shape index (κ3) is 3.70. The third-order valence-corrected chi connectivity index (χ3v) is 3.95. The first kappa shape index (κ1) is 12.9. The molecule has 1 N–H and O–H groups in total. The van der Waals surface area contributed by atoms with Crippen molar-refractivity contribution in [3.8, 4) is 0 Å². The molecule has 1 aliphatic carbocycles. The molecular formula is C14H26N2O. The van der Waals surface area contributed by atoms with E-state index >= 15 is 0 Å². The zero-order valence-corrected chi connectivity index (χ0v) is 11.2. The van der Waals surface area contributed by atoms with Crippen LogP contribution in [0, 0.1) is 11.8 Å². The summed E-state index contributed by atoms with van der Waals surface area (Å²) in [5.41, 5.74) is 0. The maximum absolute atomic E-state index is 12.5. The Kier molecular flexibility index (Phi) is 4.43. The van der Waals surface area contributed by atoms with Gasteiger partial charge in [0.2, 0.25) is 5.91 Å². The molecule has 1 heterocycles. The fourth-order valence-corrected chi connectivity index (χ4v) is 2.79. The molecule has 1 amide bonds. The van der Waals surface area contributed by atoms with Crippen molar-refractivity contribution in [1.29, 1.82) is 0 Å². The van der Waals surface area contributed by atoms with Crippen LogP contribution < -0.4 is 5.32 Å². The number of amides is 1. The molecule has 0 radical (unpaired) electrons. The Bertz CT molecular complexity index is 263. The van der Waals surface area contributed by atoms with Crippen molar-refractivity contribution >= 4 is 5.91 Å². The monoisotopic (exact) mass is 238 g/mol. The predicted molar refractivity (Wildman–Crippen MR) is 69.8 cm³/mol. The molecule has 98 valence electrons. The Hall–Kier alpha value is -0.570. The van der Waals surface area contributed by atoms with Crippen molar-refractivity contribution in [2.45, 2.75) is 52.0 Å². The molecule has 1 saturated heterocycles. The second kappa shape index (κ2) is 5.85. The highest BCUT2D eigenvalue weighted by molar-refractivity contribution is 5.79. The molecule has 3 nitrogen and oxygen atoms in total. The van der Waals surface area contributed by atoms with Gasteiger partial charge in [0.1, 0.15) is 0 Å². The number of nitrogens with zero attached hydrogens (tertiary/aromatic N) is 1. The maximum Gasteiger partial charge on any atom is 0.225 e. The van der Waals surface area contributed by atoms with Gasteiger partial charge in [-0.1, -0.05) is 6.92 Å². The van der Waals surface area contributed by atoms with Crippen molar-refractivity contribution in [1.82, 2.24) is 10.2 Å². The molecule has 0 aromatic carbocycles. The molecular weight excluding hydrogens is 212 g/mol. The molecule has 2 atom stereocenters. The van der Waals surface area contributed by atoms with Gasteiger partial charge in [-0.3, -0.25) is 4.79 Å². The quantitative estimate of drug-likeness (QED) is 0.795. The van der Waals surface area contributed by atoms with Crippen molar-refractivity contribution in [2.75, 3.05) is 19.6 Å². The summed E-state index contributed by atoms with van der Waals surface area (Å²) in [6.45, 7) is 7.32. The van der Waals surface area contributed by atoms with Crippen molar-refractivity contribution in [2.24, 2.45) is 11.8 Å². The summed E-state index contributed by atoms with van der Waals surface area (Å²) < 4.78 is 0. The van der Waals surface area contributed by atoms with Gasteiger partial charge in [0.15, 0.2) is 0 Å². The highest BCUT2D eigenvalue weighted by Crippen LogP contribution is 2.31. The Morgan fingerprint density at radius 2 is 2.12 bits per heavy atom. The molecule has 0 spiro atoms. The van der Waals surface area contributed by atoms with Crippen LogP contribution >= 0.6 is 0 Å². The van der Waals surface area contributed by atoms with Gasteiger partial charge in [0.25, 0.3) is 0 Å². The van der Waals surface area contributed by atoms with Crippen LogP contribution in [0.4, 0.5) is 0 Å². The summed E-state index contributed by atoms with van der Waals surface area (Å²) in [5, 5.41) is 3.42. The summed E-state index contributed by atoms with van der Waals surface area (Å²) in [4.78, 5) is 14.6. The Morgan fingerprint density at radius 1 is 1.35 bits per heavy atom. The lowest BCUT2D eigenvalue weighted by atomic mass is 9.92. The molecule has 0 unspecified atom stereocenters. The summed E-state index contributed by atoms with van der Waals surface area (Å²) in [7, 11) is 0. The Morgan fingerprint density at radius 3 is 2.71 bits per heavy atom. The lowest BCUT2D eigenvalue weighted by Gasteiger charge is -2.32. The molecule has 1 saturated carbocycles. The van der Waals surface area contributed by atoms with Gasteiger partial charge in [-0.25, -0.2) is 0 Å². The summed E-state index contributed by atoms with van der Waals surface area (Å²) in [5.74, 6) is 1.51. The zero-order valence-electron chi connectivity index (χ0n) is 11.2. The van der Waals surface area contributed by atoms with Crippen molar-refractivity contribution in [3.63, 3.8) is 0 Å². The molecule has 1 aliphatic heterocycles. The van der Waals surface area contributed by atoms with Gasteiger partial charge in [-0.15, -0.1) is 0 Å². The zero-order chi connectivity index (χ0) is 12.3. The van der Waals surface area contributed by atoms with Crippen LogP contribution in [0.25, 0.3) is 0 Å². The van der Waals surface area contributed by atoms with E-state index in [4.69, 9.17) is 0 Å². The molecule has 2 fully saturated rings. The molecule has 2 aliphatic rings. The van der Waals surface area contributed by atoms with Gasteiger partial charge >= 0.3 is 0 Å². The average molecular weight is 238 g/mol. The number of nitrogens with one attached hydrogen (secondary N) is 1. The lowest BCUT2D eigenvalue weighted by molar-refractivity contribution is -0.137. The minimum absolute atomic E-state index is 0.275. The van der Waals surface area contributed by atoms with Gasteiger partial charge in [-0.05, 0) is 51.5 Å². The number of carbonyl (C=O) groups is 1. The van der Waals surface area contributed by atoms with E-state index in [9.17, 15) is 4.79 Å². The SMILES string of the molecule is CCCN(CC1CC1)C(=O)[C@H]1CCN[C@@H](C)C1. The number of hydrogen-bond acceptors (Lipinski definition) is 2. The maximum atomic E-state index is 12.5. The number of rotatable bonds is 5. The van der Waals surface area contributed by atoms with Crippen LogP contribution in [0.15, 0.2) is 0 Å². The van der Waals surface area contributed by atoms with Crippen LogP contribution in [-0.2, 0) is 4.79 Å². The van der Waals surface area contributed by atoms with Crippen LogP contribution in [-0.4, -0.2) is 36.5 Å². The summed E-state index contributed by atoms with van der Waals surface area (Å²) in [6.07, 6.45) is 5.78. The summed E-state index contributed by atoms with van der Waals surface area (Å²) >= 11 is 0. The Balaban J connectivity index is 1.88. The molecule has 2 rings (SSSR count). The second-order valence-electron chi connectivity index (χ2n) is 5.80. The van der Waals surface area contributed by atoms with Gasteiger partial charge in [-0.2, -0.15) is 0 Å². The van der Waals surface area contributed by atoms with Crippen LogP contribution in [0.5, 0.6) is 0 Å². The largest absolute Gasteiger partial charge is 0.342 e. The van der Waals surface area contributed by atoms with E-state index in [0.717, 1.165) is 44.8 Å². The highest BCUT2D eigenvalue weighted by atomic mass is 16.2. The highest BCUT2D eigenvalue weighted by Gasteiger charge is 2.31. The van der Waals surface area contributed by atoms with Crippen LogP contribution in [0.1, 0.15) is 46.0 Å². The van der Waals surface area contributed by atoms with E-state index in [-0.39, 0.29) is 5.92 Å². The second-order valence-corrected chi connectivity index (χ2v) is 5.80. The van der Waals surface area contributed by atoms with E-state index in [1.165, 1.54) is 12.8 Å². The molecule has 3 heteroatoms. The third-order valence-electron chi connectivity index (χ3n) is 3.95. The average Bonchev–Trinajstić information content (AvgIpc) is 3.11. The normalized spacial score (nSPS) is 29.1. The first-order valence-corrected chi connectivity index (χ1v) is 7.23. The molecule has 0 bridgehead atoms. The van der Waals surface area contributed by atoms with Crippen LogP contribution in [0.2, 0.25) is 0 Å². The number of piperidine rings is 1. The van der Waals surface area contributed by atoms with Crippen molar-refractivity contribution in [3.05, 3.63) is 0 Å². The topological polar surface area (TPSA) is 32.3 Å². The summed E-state index contributed by atoms with van der Waals surface area (Å²) in [6, 6.07) is 0.502. The fraction of sp³-hybridized carbons (Fsp3) is 0.929. The molecule has 0 aromatic rings. The number of hydrogen-bond donors (Lipinski definition) is 1. The van der Waals surface area contributed by atoms with Crippen molar-refractivity contribution < 1.29 is 4.79 Å². The number of carbonyl (C=O) groups excluding carboxylic acids is 1. The lowest BCUT2D eigenvalue weighted by Crippen LogP contribution is -2.45. The van der Waals surface area contributed by atoms with E-state index in [0.29, 0.717) is 11.9 Å². The molecule has 0 aromatic heterocycles. The first-order valence-electron chi connectivity index (χ1n) is 7.23. The fourth-order valence-electron chi connectivity index (χ4n) is 2.79. The van der Waals surface area contributed by atoms with E-state index in [2.05, 4.69) is 24.1 Å². The van der Waals surface area contributed by atoms with Gasteiger partial charge < -0.3 is 10.2 Å². The van der Waals surface area contributed by atoms with E-state index in [1.807, 2.05) is 0 Å². The molecule has 17 heavy (non-hydrogen) atoms. The van der Waals surface area contributed by atoms with Gasteiger partial charge in [0, 0.05) is 25.0 Å². The predicted octanol–water partition coefficient (Wildman–Crippen LogP) is 2.02. The van der Waals surface area contributed by atoms with Crippen LogP contribution in [0.3, 0.4) is 0 Å². The smallest absolute Gasteiger partial charge is 0.225 e. The van der Waals surface area contributed by atoms with E-state index in [1.54, 1.807) is 0 Å². The minimum Gasteiger partial charge on any atom is -0.342 e. The van der Waals surface area contributed by atoms with E-state index < -0.39 is 0 Å². The first-order chi connectivity index (χ1) is 8.20. The standard InChI is InChI=1S/C14H26N2O/c1-3-8-16(10-12-4-5-12)14(17)13-6-7-15-11(2)9-13/h11-13,15H,3-10H2,1-2H3/t11-,13-/m0/s1. The Labute approximate surface area is 105 Å². The van der Waals surface area contributed by atoms with Gasteiger partial charge in [0.05, 0.1) is 0 Å². The minimum atomic E-state index is 0.275.